The van der Waals surface area contributed by atoms with Gasteiger partial charge in [-0.1, -0.05) is 48.5 Å². The molecule has 1 aromatic heterocycles. The summed E-state index contributed by atoms with van der Waals surface area (Å²) in [6.45, 7) is 1.46. The molecule has 34 heavy (non-hydrogen) atoms. The predicted molar refractivity (Wildman–Crippen MR) is 131 cm³/mol. The van der Waals surface area contributed by atoms with Crippen LogP contribution in [0.4, 0.5) is 5.69 Å². The number of nitrogens with one attached hydrogen (secondary N) is 2. The summed E-state index contributed by atoms with van der Waals surface area (Å²) in [5.74, 6) is -0.604. The first-order chi connectivity index (χ1) is 16.3. The third-order valence-electron chi connectivity index (χ3n) is 5.34. The number of aromatic nitrogens is 1. The average Bonchev–Trinajstić information content (AvgIpc) is 2.84. The molecular weight excluding hydrogens is 450 g/mol. The van der Waals surface area contributed by atoms with Gasteiger partial charge in [0.2, 0.25) is 15.9 Å². The molecule has 1 amide bonds. The molecule has 8 heteroatoms. The lowest BCUT2D eigenvalue weighted by atomic mass is 10.1. The van der Waals surface area contributed by atoms with Crippen molar-refractivity contribution in [3.05, 3.63) is 102 Å². The van der Waals surface area contributed by atoms with E-state index in [1.54, 1.807) is 48.5 Å². The first-order valence-electron chi connectivity index (χ1n) is 10.7. The van der Waals surface area contributed by atoms with Crippen molar-refractivity contribution in [1.82, 2.24) is 9.71 Å². The van der Waals surface area contributed by atoms with Crippen LogP contribution in [0.15, 0.2) is 96.0 Å². The topological polar surface area (TPSA) is 105 Å². The highest BCUT2D eigenvalue weighted by atomic mass is 32.2. The van der Waals surface area contributed by atoms with Crippen molar-refractivity contribution in [2.45, 2.75) is 24.3 Å². The molecule has 4 rings (SSSR count). The van der Waals surface area contributed by atoms with E-state index in [9.17, 15) is 18.0 Å². The Bertz CT molecular complexity index is 1430. The van der Waals surface area contributed by atoms with Crippen molar-refractivity contribution in [2.24, 2.45) is 0 Å². The lowest BCUT2D eigenvalue weighted by Crippen LogP contribution is -2.45. The maximum absolute atomic E-state index is 13.4. The second-order valence-corrected chi connectivity index (χ2v) is 9.50. The number of fused-ring (bicyclic) bond motifs is 1. The highest BCUT2D eigenvalue weighted by Gasteiger charge is 2.28. The summed E-state index contributed by atoms with van der Waals surface area (Å²) in [7, 11) is -4.08. The molecule has 0 saturated heterocycles. The predicted octanol–water partition coefficient (Wildman–Crippen LogP) is 3.97. The number of hydrogen-bond acceptors (Lipinski definition) is 5. The van der Waals surface area contributed by atoms with Crippen molar-refractivity contribution in [1.29, 1.82) is 0 Å². The fourth-order valence-electron chi connectivity index (χ4n) is 3.60. The zero-order chi connectivity index (χ0) is 24.1. The molecule has 0 aliphatic rings. The lowest BCUT2D eigenvalue weighted by molar-refractivity contribution is -0.117. The largest absolute Gasteiger partial charge is 0.325 e. The van der Waals surface area contributed by atoms with Gasteiger partial charge in [-0.25, -0.2) is 8.42 Å². The van der Waals surface area contributed by atoms with E-state index in [2.05, 4.69) is 15.0 Å². The maximum atomic E-state index is 13.4. The van der Waals surface area contributed by atoms with Crippen LogP contribution < -0.4 is 10.0 Å². The monoisotopic (exact) mass is 473 g/mol. The quantitative estimate of drug-likeness (QED) is 0.377. The minimum atomic E-state index is -4.08. The summed E-state index contributed by atoms with van der Waals surface area (Å²) in [6.07, 6.45) is 1.68. The van der Waals surface area contributed by atoms with E-state index in [0.717, 1.165) is 5.56 Å². The number of pyridine rings is 1. The Morgan fingerprint density at radius 2 is 1.59 bits per heavy atom. The minimum Gasteiger partial charge on any atom is -0.325 e. The SMILES string of the molecule is CC(=O)c1ccc(NC(=O)C(Cc2ccccc2)NS(=O)(=O)c2cccc3cccnc23)cc1. The summed E-state index contributed by atoms with van der Waals surface area (Å²) >= 11 is 0. The van der Waals surface area contributed by atoms with E-state index >= 15 is 0 Å². The zero-order valence-electron chi connectivity index (χ0n) is 18.4. The van der Waals surface area contributed by atoms with Crippen LogP contribution >= 0.6 is 0 Å². The number of rotatable bonds is 8. The fourth-order valence-corrected chi connectivity index (χ4v) is 4.97. The van der Waals surface area contributed by atoms with Gasteiger partial charge in [0, 0.05) is 22.8 Å². The van der Waals surface area contributed by atoms with Crippen LogP contribution in [0.5, 0.6) is 0 Å². The maximum Gasteiger partial charge on any atom is 0.243 e. The number of para-hydroxylation sites is 1. The van der Waals surface area contributed by atoms with Crippen LogP contribution in [0, 0.1) is 0 Å². The molecule has 0 saturated carbocycles. The molecule has 1 heterocycles. The van der Waals surface area contributed by atoms with Crippen molar-refractivity contribution < 1.29 is 18.0 Å². The number of ketones is 1. The molecule has 2 N–H and O–H groups in total. The van der Waals surface area contributed by atoms with E-state index < -0.39 is 22.0 Å². The Hall–Kier alpha value is -3.88. The molecular formula is C26H23N3O4S. The zero-order valence-corrected chi connectivity index (χ0v) is 19.2. The molecule has 4 aromatic rings. The highest BCUT2D eigenvalue weighted by Crippen LogP contribution is 2.21. The first-order valence-corrected chi connectivity index (χ1v) is 12.1. The van der Waals surface area contributed by atoms with E-state index in [1.165, 1.54) is 19.2 Å². The molecule has 0 fully saturated rings. The number of sulfonamides is 1. The lowest BCUT2D eigenvalue weighted by Gasteiger charge is -2.19. The molecule has 0 spiro atoms. The summed E-state index contributed by atoms with van der Waals surface area (Å²) in [5.41, 5.74) is 2.10. The highest BCUT2D eigenvalue weighted by molar-refractivity contribution is 7.89. The van der Waals surface area contributed by atoms with Gasteiger partial charge in [-0.3, -0.25) is 14.6 Å². The van der Waals surface area contributed by atoms with Crippen LogP contribution in [-0.4, -0.2) is 31.1 Å². The van der Waals surface area contributed by atoms with E-state index in [1.807, 2.05) is 30.3 Å². The van der Waals surface area contributed by atoms with Gasteiger partial charge < -0.3 is 5.32 Å². The number of carbonyl (C=O) groups excluding carboxylic acids is 2. The molecule has 1 atom stereocenters. The first kappa shape index (κ1) is 23.3. The van der Waals surface area contributed by atoms with Crippen LogP contribution in [0.1, 0.15) is 22.8 Å². The van der Waals surface area contributed by atoms with Gasteiger partial charge in [0.25, 0.3) is 0 Å². The molecule has 0 aliphatic heterocycles. The number of benzene rings is 3. The van der Waals surface area contributed by atoms with Gasteiger partial charge in [0.15, 0.2) is 5.78 Å². The standard InChI is InChI=1S/C26H23N3O4S/c1-18(30)20-12-14-22(15-13-20)28-26(31)23(17-19-7-3-2-4-8-19)29-34(32,33)24-11-5-9-21-10-6-16-27-25(21)24/h2-16,23,29H,17H2,1H3,(H,28,31). The summed E-state index contributed by atoms with van der Waals surface area (Å²) in [5, 5.41) is 3.43. The molecule has 0 aliphatic carbocycles. The Kier molecular flexibility index (Phi) is 6.81. The van der Waals surface area contributed by atoms with Gasteiger partial charge in [-0.2, -0.15) is 4.72 Å². The summed E-state index contributed by atoms with van der Waals surface area (Å²) in [4.78, 5) is 28.9. The Morgan fingerprint density at radius 1 is 0.882 bits per heavy atom. The van der Waals surface area contributed by atoms with E-state index in [-0.39, 0.29) is 17.1 Å². The molecule has 7 nitrogen and oxygen atoms in total. The number of anilines is 1. The van der Waals surface area contributed by atoms with Gasteiger partial charge in [0.1, 0.15) is 10.9 Å². The number of carbonyl (C=O) groups is 2. The van der Waals surface area contributed by atoms with Crippen LogP contribution in [0.3, 0.4) is 0 Å². The van der Waals surface area contributed by atoms with Gasteiger partial charge in [0.05, 0.1) is 5.52 Å². The van der Waals surface area contributed by atoms with Crippen LogP contribution in [-0.2, 0) is 21.2 Å². The minimum absolute atomic E-state index is 0.00210. The summed E-state index contributed by atoms with van der Waals surface area (Å²) < 4.78 is 29.3. The molecule has 172 valence electrons. The fraction of sp³-hybridized carbons (Fsp3) is 0.115. The third-order valence-corrected chi connectivity index (χ3v) is 6.84. The third kappa shape index (κ3) is 5.36. The van der Waals surface area contributed by atoms with Gasteiger partial charge in [-0.05, 0) is 55.3 Å². The van der Waals surface area contributed by atoms with Gasteiger partial charge in [-0.15, -0.1) is 0 Å². The summed E-state index contributed by atoms with van der Waals surface area (Å²) in [6, 6.07) is 22.9. The molecule has 0 radical (unpaired) electrons. The normalized spacial score (nSPS) is 12.3. The molecule has 1 unspecified atom stereocenters. The Morgan fingerprint density at radius 3 is 2.29 bits per heavy atom. The second-order valence-electron chi connectivity index (χ2n) is 7.82. The average molecular weight is 474 g/mol. The number of nitrogens with zero attached hydrogens (tertiary/aromatic N) is 1. The molecule has 0 bridgehead atoms. The number of Topliss-reactive ketones (excluding diaryl/α,β-unsaturated/α-hetero) is 1. The Balaban J connectivity index is 1.64. The van der Waals surface area contributed by atoms with Gasteiger partial charge >= 0.3 is 0 Å². The van der Waals surface area contributed by atoms with Crippen molar-refractivity contribution in [2.75, 3.05) is 5.32 Å². The smallest absolute Gasteiger partial charge is 0.243 e. The molecule has 3 aromatic carbocycles. The van der Waals surface area contributed by atoms with Crippen molar-refractivity contribution >= 4 is 38.3 Å². The number of hydrogen-bond donors (Lipinski definition) is 2. The van der Waals surface area contributed by atoms with E-state index in [4.69, 9.17) is 0 Å². The second kappa shape index (κ2) is 9.94. The number of amides is 1. The Labute approximate surface area is 197 Å². The van der Waals surface area contributed by atoms with Crippen molar-refractivity contribution in [3.63, 3.8) is 0 Å². The van der Waals surface area contributed by atoms with Crippen LogP contribution in [0.2, 0.25) is 0 Å². The van der Waals surface area contributed by atoms with Crippen LogP contribution in [0.25, 0.3) is 10.9 Å². The van der Waals surface area contributed by atoms with E-state index in [0.29, 0.717) is 22.2 Å². The van der Waals surface area contributed by atoms with Crippen molar-refractivity contribution in [3.8, 4) is 0 Å².